The van der Waals surface area contributed by atoms with Crippen molar-refractivity contribution in [3.63, 3.8) is 0 Å². The molecule has 0 aliphatic heterocycles. The number of halogens is 1. The third-order valence-electron chi connectivity index (χ3n) is 5.01. The molecule has 0 unspecified atom stereocenters. The molecule has 0 fully saturated rings. The lowest BCUT2D eigenvalue weighted by molar-refractivity contribution is 0.0526. The van der Waals surface area contributed by atoms with Crippen molar-refractivity contribution in [1.82, 2.24) is 0 Å². The highest BCUT2D eigenvalue weighted by Gasteiger charge is 2.19. The van der Waals surface area contributed by atoms with Crippen LogP contribution in [0.4, 0.5) is 0 Å². The van der Waals surface area contributed by atoms with Gasteiger partial charge in [0.25, 0.3) is 0 Å². The minimum absolute atomic E-state index is 0.109. The lowest BCUT2D eigenvalue weighted by atomic mass is 10.1. The molecule has 5 nitrogen and oxygen atoms in total. The Labute approximate surface area is 190 Å². The van der Waals surface area contributed by atoms with Crippen LogP contribution < -0.4 is 10.2 Å². The van der Waals surface area contributed by atoms with Gasteiger partial charge in [-0.05, 0) is 49.2 Å². The maximum atomic E-state index is 13.3. The highest BCUT2D eigenvalue weighted by molar-refractivity contribution is 6.32. The van der Waals surface area contributed by atoms with Crippen molar-refractivity contribution in [2.75, 3.05) is 6.61 Å². The van der Waals surface area contributed by atoms with Gasteiger partial charge in [0.05, 0.1) is 17.6 Å². The van der Waals surface area contributed by atoms with E-state index in [0.717, 1.165) is 16.7 Å². The van der Waals surface area contributed by atoms with Gasteiger partial charge in [-0.1, -0.05) is 54.1 Å². The first-order valence-electron chi connectivity index (χ1n) is 10.2. The molecular formula is C26H21ClO5. The highest BCUT2D eigenvalue weighted by Crippen LogP contribution is 2.33. The van der Waals surface area contributed by atoms with Crippen LogP contribution in [-0.2, 0) is 11.3 Å². The van der Waals surface area contributed by atoms with E-state index < -0.39 is 0 Å². The molecule has 1 heterocycles. The fourth-order valence-corrected chi connectivity index (χ4v) is 3.48. The summed E-state index contributed by atoms with van der Waals surface area (Å²) in [5.74, 6) is 0.0831. The largest absolute Gasteiger partial charge is 0.481 e. The predicted octanol–water partition coefficient (Wildman–Crippen LogP) is 6.18. The summed E-state index contributed by atoms with van der Waals surface area (Å²) in [5, 5.41) is 0.839. The molecule has 0 saturated carbocycles. The zero-order valence-corrected chi connectivity index (χ0v) is 18.4. The summed E-state index contributed by atoms with van der Waals surface area (Å²) in [4.78, 5) is 25.2. The molecule has 0 aliphatic carbocycles. The lowest BCUT2D eigenvalue weighted by Crippen LogP contribution is -2.11. The fourth-order valence-electron chi connectivity index (χ4n) is 3.32. The van der Waals surface area contributed by atoms with Crippen LogP contribution in [0.2, 0.25) is 5.02 Å². The Morgan fingerprint density at radius 3 is 2.44 bits per heavy atom. The third kappa shape index (κ3) is 4.39. The number of rotatable bonds is 6. The van der Waals surface area contributed by atoms with Crippen molar-refractivity contribution in [1.29, 1.82) is 0 Å². The van der Waals surface area contributed by atoms with Gasteiger partial charge in [-0.15, -0.1) is 0 Å². The van der Waals surface area contributed by atoms with E-state index in [4.69, 9.17) is 25.5 Å². The van der Waals surface area contributed by atoms with Crippen molar-refractivity contribution in [3.05, 3.63) is 98.7 Å². The van der Waals surface area contributed by atoms with Crippen molar-refractivity contribution >= 4 is 28.5 Å². The van der Waals surface area contributed by atoms with E-state index in [0.29, 0.717) is 33.9 Å². The SMILES string of the molecule is CCOC(=O)c1ccc(COc2c(-c3ccccc3)oc3cc(C)c(Cl)cc3c2=O)cc1. The summed E-state index contributed by atoms with van der Waals surface area (Å²) < 4.78 is 17.1. The summed E-state index contributed by atoms with van der Waals surface area (Å²) >= 11 is 6.25. The molecule has 162 valence electrons. The molecule has 32 heavy (non-hydrogen) atoms. The van der Waals surface area contributed by atoms with E-state index in [1.807, 2.05) is 37.3 Å². The number of hydrogen-bond acceptors (Lipinski definition) is 5. The van der Waals surface area contributed by atoms with E-state index in [1.165, 1.54) is 0 Å². The summed E-state index contributed by atoms with van der Waals surface area (Å²) in [7, 11) is 0. The van der Waals surface area contributed by atoms with Crippen LogP contribution in [0.3, 0.4) is 0 Å². The number of benzene rings is 3. The average molecular weight is 449 g/mol. The van der Waals surface area contributed by atoms with E-state index in [2.05, 4.69) is 0 Å². The van der Waals surface area contributed by atoms with Gasteiger partial charge in [-0.2, -0.15) is 0 Å². The van der Waals surface area contributed by atoms with Crippen LogP contribution in [0, 0.1) is 6.92 Å². The highest BCUT2D eigenvalue weighted by atomic mass is 35.5. The van der Waals surface area contributed by atoms with Gasteiger partial charge in [-0.3, -0.25) is 4.79 Å². The third-order valence-corrected chi connectivity index (χ3v) is 5.42. The second-order valence-corrected chi connectivity index (χ2v) is 7.67. The average Bonchev–Trinajstić information content (AvgIpc) is 2.81. The van der Waals surface area contributed by atoms with Crippen molar-refractivity contribution in [3.8, 4) is 17.1 Å². The van der Waals surface area contributed by atoms with Gasteiger partial charge < -0.3 is 13.9 Å². The van der Waals surface area contributed by atoms with Gasteiger partial charge in [0.1, 0.15) is 12.2 Å². The Hall–Kier alpha value is -3.57. The Morgan fingerprint density at radius 1 is 1.03 bits per heavy atom. The van der Waals surface area contributed by atoms with Crippen LogP contribution >= 0.6 is 11.6 Å². The van der Waals surface area contributed by atoms with Crippen molar-refractivity contribution < 1.29 is 18.7 Å². The number of hydrogen-bond donors (Lipinski definition) is 0. The van der Waals surface area contributed by atoms with Gasteiger partial charge >= 0.3 is 5.97 Å². The summed E-state index contributed by atoms with van der Waals surface area (Å²) in [6.45, 7) is 4.05. The molecule has 4 aromatic rings. The number of carbonyl (C=O) groups excluding carboxylic acids is 1. The van der Waals surface area contributed by atoms with Crippen molar-refractivity contribution in [2.24, 2.45) is 0 Å². The maximum absolute atomic E-state index is 13.3. The molecule has 0 bridgehead atoms. The molecule has 0 atom stereocenters. The Bertz CT molecular complexity index is 1320. The lowest BCUT2D eigenvalue weighted by Gasteiger charge is -2.13. The van der Waals surface area contributed by atoms with Crippen LogP contribution in [0.1, 0.15) is 28.4 Å². The van der Waals surface area contributed by atoms with E-state index in [-0.39, 0.29) is 23.8 Å². The maximum Gasteiger partial charge on any atom is 0.338 e. The Balaban J connectivity index is 1.72. The first-order chi connectivity index (χ1) is 15.5. The molecule has 4 rings (SSSR count). The zero-order chi connectivity index (χ0) is 22.7. The molecule has 0 spiro atoms. The van der Waals surface area contributed by atoms with E-state index in [9.17, 15) is 9.59 Å². The number of ether oxygens (including phenoxy) is 2. The first kappa shape index (κ1) is 21.7. The van der Waals surface area contributed by atoms with Crippen molar-refractivity contribution in [2.45, 2.75) is 20.5 Å². The normalized spacial score (nSPS) is 10.8. The molecular weight excluding hydrogens is 428 g/mol. The van der Waals surface area contributed by atoms with Crippen LogP contribution in [0.25, 0.3) is 22.3 Å². The van der Waals surface area contributed by atoms with E-state index >= 15 is 0 Å². The fraction of sp³-hybridized carbons (Fsp3) is 0.154. The molecule has 3 aromatic carbocycles. The van der Waals surface area contributed by atoms with Gasteiger partial charge in [0.2, 0.25) is 11.2 Å². The molecule has 0 amide bonds. The summed E-state index contributed by atoms with van der Waals surface area (Å²) in [5.41, 5.74) is 2.94. The molecule has 0 radical (unpaired) electrons. The second kappa shape index (κ2) is 9.28. The van der Waals surface area contributed by atoms with E-state index in [1.54, 1.807) is 43.3 Å². The quantitative estimate of drug-likeness (QED) is 0.329. The van der Waals surface area contributed by atoms with Gasteiger partial charge in [0, 0.05) is 10.6 Å². The molecule has 0 saturated heterocycles. The molecule has 0 aliphatic rings. The predicted molar refractivity (Wildman–Crippen MR) is 124 cm³/mol. The monoisotopic (exact) mass is 448 g/mol. The summed E-state index contributed by atoms with van der Waals surface area (Å²) in [6, 6.07) is 19.5. The standard InChI is InChI=1S/C26H21ClO5/c1-3-30-26(29)19-11-9-17(10-12-19)15-31-25-23(28)20-14-21(27)16(2)13-22(20)32-24(25)18-7-5-4-6-8-18/h4-14H,3,15H2,1-2H3. The summed E-state index contributed by atoms with van der Waals surface area (Å²) in [6.07, 6.45) is 0. The smallest absolute Gasteiger partial charge is 0.338 e. The molecule has 0 N–H and O–H groups in total. The van der Waals surface area contributed by atoms with Gasteiger partial charge in [-0.25, -0.2) is 4.79 Å². The number of fused-ring (bicyclic) bond motifs is 1. The number of aryl methyl sites for hydroxylation is 1. The molecule has 6 heteroatoms. The number of esters is 1. The number of carbonyl (C=O) groups is 1. The minimum atomic E-state index is -0.381. The van der Waals surface area contributed by atoms with Crippen LogP contribution in [0.15, 0.2) is 75.9 Å². The minimum Gasteiger partial charge on any atom is -0.481 e. The zero-order valence-electron chi connectivity index (χ0n) is 17.7. The second-order valence-electron chi connectivity index (χ2n) is 7.26. The molecule has 1 aromatic heterocycles. The first-order valence-corrected chi connectivity index (χ1v) is 10.6. The Kier molecular flexibility index (Phi) is 6.28. The topological polar surface area (TPSA) is 65.7 Å². The van der Waals surface area contributed by atoms with Crippen LogP contribution in [-0.4, -0.2) is 12.6 Å². The van der Waals surface area contributed by atoms with Crippen LogP contribution in [0.5, 0.6) is 5.75 Å². The van der Waals surface area contributed by atoms with Gasteiger partial charge in [0.15, 0.2) is 5.76 Å². The Morgan fingerprint density at radius 2 is 1.75 bits per heavy atom.